The van der Waals surface area contributed by atoms with Crippen LogP contribution in [0, 0.1) is 12.8 Å². The Morgan fingerprint density at radius 1 is 1.28 bits per heavy atom. The van der Waals surface area contributed by atoms with Crippen LogP contribution in [0.15, 0.2) is 24.3 Å². The number of fused-ring (bicyclic) bond motifs is 3. The van der Waals surface area contributed by atoms with Gasteiger partial charge >= 0.3 is 0 Å². The number of nitrogens with zero attached hydrogens (tertiary/aromatic N) is 2. The van der Waals surface area contributed by atoms with Crippen molar-refractivity contribution in [1.29, 1.82) is 0 Å². The number of benzene rings is 1. The number of hydrogen-bond acceptors (Lipinski definition) is 4. The fourth-order valence-electron chi connectivity index (χ4n) is 3.66. The smallest absolute Gasteiger partial charge is 0.139 e. The molecule has 0 fully saturated rings. The Balaban J connectivity index is 1.78. The molecule has 130 valence electrons. The molecule has 0 radical (unpaired) electrons. The molecule has 3 aromatic rings. The Hall–Kier alpha value is -1.65. The van der Waals surface area contributed by atoms with Crippen LogP contribution in [0.4, 0.5) is 5.82 Å². The number of aromatic nitrogens is 2. The van der Waals surface area contributed by atoms with Crippen molar-refractivity contribution in [3.8, 4) is 0 Å². The normalized spacial score (nSPS) is 18.2. The van der Waals surface area contributed by atoms with Gasteiger partial charge in [0.05, 0.1) is 11.4 Å². The van der Waals surface area contributed by atoms with Gasteiger partial charge in [-0.15, -0.1) is 11.3 Å². The molecule has 25 heavy (non-hydrogen) atoms. The van der Waals surface area contributed by atoms with Crippen LogP contribution >= 0.6 is 22.9 Å². The molecule has 4 rings (SSSR count). The van der Waals surface area contributed by atoms with Crippen LogP contribution in [0.25, 0.3) is 10.2 Å². The molecule has 0 saturated carbocycles. The second-order valence-corrected chi connectivity index (χ2v) is 8.53. The summed E-state index contributed by atoms with van der Waals surface area (Å²) >= 11 is 8.22. The van der Waals surface area contributed by atoms with Crippen molar-refractivity contribution < 1.29 is 0 Å². The van der Waals surface area contributed by atoms with E-state index in [4.69, 9.17) is 21.6 Å². The lowest BCUT2D eigenvalue weighted by Gasteiger charge is -2.20. The molecule has 1 aromatic carbocycles. The third-order valence-electron chi connectivity index (χ3n) is 4.99. The van der Waals surface area contributed by atoms with E-state index in [1.807, 2.05) is 36.5 Å². The average Bonchev–Trinajstić information content (AvgIpc) is 2.92. The van der Waals surface area contributed by atoms with E-state index in [-0.39, 0.29) is 6.04 Å². The highest BCUT2D eigenvalue weighted by atomic mass is 35.5. The first-order chi connectivity index (χ1) is 12.0. The first kappa shape index (κ1) is 16.8. The minimum atomic E-state index is 0.0873. The SMILES string of the molecule is Cc1nc(N[C@@H](C)c2ccccc2Cl)c2c3c(sc2n1)C[C@@H](C)CC3. The van der Waals surface area contributed by atoms with Crippen LogP contribution in [0.2, 0.25) is 5.02 Å². The number of aryl methyl sites for hydroxylation is 2. The van der Waals surface area contributed by atoms with E-state index in [0.717, 1.165) is 45.8 Å². The molecule has 0 spiro atoms. The van der Waals surface area contributed by atoms with E-state index in [1.165, 1.54) is 22.2 Å². The summed E-state index contributed by atoms with van der Waals surface area (Å²) < 4.78 is 0. The number of nitrogens with one attached hydrogen (secondary N) is 1. The Morgan fingerprint density at radius 2 is 2.08 bits per heavy atom. The van der Waals surface area contributed by atoms with Crippen molar-refractivity contribution in [2.45, 2.75) is 46.1 Å². The molecule has 0 saturated heterocycles. The van der Waals surface area contributed by atoms with E-state index >= 15 is 0 Å². The van der Waals surface area contributed by atoms with Crippen molar-refractivity contribution in [1.82, 2.24) is 9.97 Å². The Kier molecular flexibility index (Phi) is 4.42. The summed E-state index contributed by atoms with van der Waals surface area (Å²) in [6.45, 7) is 6.43. The second-order valence-electron chi connectivity index (χ2n) is 7.04. The van der Waals surface area contributed by atoms with Gasteiger partial charge in [0.2, 0.25) is 0 Å². The Morgan fingerprint density at radius 3 is 2.88 bits per heavy atom. The van der Waals surface area contributed by atoms with Gasteiger partial charge in [0, 0.05) is 9.90 Å². The molecule has 1 aliphatic rings. The van der Waals surface area contributed by atoms with E-state index in [2.05, 4.69) is 25.2 Å². The summed E-state index contributed by atoms with van der Waals surface area (Å²) in [6.07, 6.45) is 3.53. The maximum atomic E-state index is 6.37. The number of halogens is 1. The van der Waals surface area contributed by atoms with Crippen LogP contribution in [0.3, 0.4) is 0 Å². The molecule has 5 heteroatoms. The molecule has 3 nitrogen and oxygen atoms in total. The summed E-state index contributed by atoms with van der Waals surface area (Å²) in [7, 11) is 0. The highest BCUT2D eigenvalue weighted by Crippen LogP contribution is 2.40. The summed E-state index contributed by atoms with van der Waals surface area (Å²) in [5.74, 6) is 2.52. The maximum Gasteiger partial charge on any atom is 0.139 e. The van der Waals surface area contributed by atoms with Gasteiger partial charge in [-0.1, -0.05) is 36.7 Å². The van der Waals surface area contributed by atoms with Gasteiger partial charge in [-0.2, -0.15) is 0 Å². The topological polar surface area (TPSA) is 37.8 Å². The van der Waals surface area contributed by atoms with E-state index in [9.17, 15) is 0 Å². The van der Waals surface area contributed by atoms with E-state index in [0.29, 0.717) is 0 Å². The molecule has 1 aliphatic carbocycles. The standard InChI is InChI=1S/C20H22ClN3S/c1-11-8-9-15-17(10-11)25-20-18(15)19(23-13(3)24-20)22-12(2)14-6-4-5-7-16(14)21/h4-7,11-12H,8-10H2,1-3H3,(H,22,23,24)/t11-,12-/m0/s1. The summed E-state index contributed by atoms with van der Waals surface area (Å²) in [5.41, 5.74) is 2.54. The highest BCUT2D eigenvalue weighted by Gasteiger charge is 2.24. The van der Waals surface area contributed by atoms with Crippen molar-refractivity contribution in [3.63, 3.8) is 0 Å². The minimum Gasteiger partial charge on any atom is -0.363 e. The van der Waals surface area contributed by atoms with Gasteiger partial charge in [-0.3, -0.25) is 0 Å². The van der Waals surface area contributed by atoms with Crippen molar-refractivity contribution >= 4 is 39.0 Å². The summed E-state index contributed by atoms with van der Waals surface area (Å²) in [6, 6.07) is 8.07. The molecule has 1 N–H and O–H groups in total. The van der Waals surface area contributed by atoms with Crippen LogP contribution in [0.1, 0.15) is 48.1 Å². The summed E-state index contributed by atoms with van der Waals surface area (Å²) in [4.78, 5) is 12.0. The third-order valence-corrected chi connectivity index (χ3v) is 6.48. The first-order valence-electron chi connectivity index (χ1n) is 8.82. The van der Waals surface area contributed by atoms with Crippen LogP contribution in [-0.2, 0) is 12.8 Å². The van der Waals surface area contributed by atoms with Gasteiger partial charge in [0.15, 0.2) is 0 Å². The lowest BCUT2D eigenvalue weighted by atomic mass is 9.89. The first-order valence-corrected chi connectivity index (χ1v) is 10.0. The molecule has 0 unspecified atom stereocenters. The fraction of sp³-hybridized carbons (Fsp3) is 0.400. The molecule has 0 aliphatic heterocycles. The van der Waals surface area contributed by atoms with Crippen molar-refractivity contribution in [2.24, 2.45) is 5.92 Å². The van der Waals surface area contributed by atoms with Crippen LogP contribution in [0.5, 0.6) is 0 Å². The number of hydrogen-bond donors (Lipinski definition) is 1. The zero-order valence-corrected chi connectivity index (χ0v) is 16.3. The molecule has 0 amide bonds. The maximum absolute atomic E-state index is 6.37. The Labute approximate surface area is 157 Å². The van der Waals surface area contributed by atoms with Crippen molar-refractivity contribution in [2.75, 3.05) is 5.32 Å². The number of anilines is 1. The molecule has 2 aromatic heterocycles. The fourth-order valence-corrected chi connectivity index (χ4v) is 5.39. The molecular formula is C20H22ClN3S. The van der Waals surface area contributed by atoms with Crippen molar-refractivity contribution in [3.05, 3.63) is 51.1 Å². The van der Waals surface area contributed by atoms with Gasteiger partial charge in [0.25, 0.3) is 0 Å². The second kappa shape index (κ2) is 6.58. The lowest BCUT2D eigenvalue weighted by molar-refractivity contribution is 0.509. The molecule has 0 bridgehead atoms. The average molecular weight is 372 g/mol. The van der Waals surface area contributed by atoms with Gasteiger partial charge in [-0.25, -0.2) is 9.97 Å². The minimum absolute atomic E-state index is 0.0873. The van der Waals surface area contributed by atoms with Gasteiger partial charge in [0.1, 0.15) is 16.5 Å². The number of rotatable bonds is 3. The zero-order chi connectivity index (χ0) is 17.6. The van der Waals surface area contributed by atoms with E-state index < -0.39 is 0 Å². The Bertz CT molecular complexity index is 934. The predicted octanol–water partition coefficient (Wildman–Crippen LogP) is 5.95. The highest BCUT2D eigenvalue weighted by molar-refractivity contribution is 7.19. The van der Waals surface area contributed by atoms with Crippen LogP contribution in [-0.4, -0.2) is 9.97 Å². The largest absolute Gasteiger partial charge is 0.363 e. The van der Waals surface area contributed by atoms with E-state index in [1.54, 1.807) is 0 Å². The van der Waals surface area contributed by atoms with Gasteiger partial charge in [-0.05, 0) is 56.2 Å². The molecular weight excluding hydrogens is 350 g/mol. The summed E-state index contributed by atoms with van der Waals surface area (Å²) in [5, 5.41) is 5.60. The lowest BCUT2D eigenvalue weighted by Crippen LogP contribution is -2.12. The quantitative estimate of drug-likeness (QED) is 0.618. The molecule has 2 atom stereocenters. The third kappa shape index (κ3) is 3.13. The predicted molar refractivity (Wildman–Crippen MR) is 107 cm³/mol. The number of thiophene rings is 1. The van der Waals surface area contributed by atoms with Gasteiger partial charge < -0.3 is 5.32 Å². The zero-order valence-electron chi connectivity index (χ0n) is 14.8. The molecule has 2 heterocycles. The monoisotopic (exact) mass is 371 g/mol. The van der Waals surface area contributed by atoms with Crippen LogP contribution < -0.4 is 5.32 Å².